The number of nitrogens with zero attached hydrogens (tertiary/aromatic N) is 3. The van der Waals surface area contributed by atoms with E-state index in [9.17, 15) is 4.79 Å². The molecule has 2 heterocycles. The van der Waals surface area contributed by atoms with Gasteiger partial charge in [-0.3, -0.25) is 14.9 Å². The third kappa shape index (κ3) is 4.17. The lowest BCUT2D eigenvalue weighted by Gasteiger charge is -2.06. The second kappa shape index (κ2) is 7.06. The summed E-state index contributed by atoms with van der Waals surface area (Å²) < 4.78 is 0. The maximum atomic E-state index is 12.0. The molecule has 0 bridgehead atoms. The maximum Gasteiger partial charge on any atom is 0.257 e. The molecule has 116 valence electrons. The van der Waals surface area contributed by atoms with Crippen molar-refractivity contribution in [1.29, 1.82) is 0 Å². The minimum atomic E-state index is -0.170. The molecule has 0 saturated carbocycles. The number of hydrogen-bond acceptors (Lipinski definition) is 5. The Bertz CT molecular complexity index is 786. The lowest BCUT2D eigenvalue weighted by molar-refractivity contribution is 0.102. The van der Waals surface area contributed by atoms with Gasteiger partial charge in [-0.05, 0) is 36.8 Å². The largest absolute Gasteiger partial charge is 0.322 e. The quantitative estimate of drug-likeness (QED) is 0.704. The van der Waals surface area contributed by atoms with Gasteiger partial charge >= 0.3 is 0 Å². The van der Waals surface area contributed by atoms with E-state index in [0.29, 0.717) is 5.56 Å². The number of carbonyl (C=O) groups is 1. The van der Waals surface area contributed by atoms with Crippen LogP contribution in [0.25, 0.3) is 0 Å². The van der Waals surface area contributed by atoms with E-state index in [4.69, 9.17) is 0 Å². The van der Waals surface area contributed by atoms with E-state index in [2.05, 4.69) is 25.5 Å². The first-order chi connectivity index (χ1) is 11.2. The van der Waals surface area contributed by atoms with Gasteiger partial charge in [0.25, 0.3) is 5.91 Å². The van der Waals surface area contributed by atoms with E-state index in [-0.39, 0.29) is 5.91 Å². The molecule has 2 aromatic heterocycles. The summed E-state index contributed by atoms with van der Waals surface area (Å²) >= 11 is 1.56. The van der Waals surface area contributed by atoms with E-state index in [1.165, 1.54) is 0 Å². The highest BCUT2D eigenvalue weighted by molar-refractivity contribution is 7.98. The van der Waals surface area contributed by atoms with E-state index >= 15 is 0 Å². The summed E-state index contributed by atoms with van der Waals surface area (Å²) in [5.74, 6) is 1.41. The highest BCUT2D eigenvalue weighted by Crippen LogP contribution is 2.20. The molecular formula is C16H15N5OS. The van der Waals surface area contributed by atoms with E-state index < -0.39 is 0 Å². The van der Waals surface area contributed by atoms with Crippen LogP contribution >= 0.6 is 11.8 Å². The lowest BCUT2D eigenvalue weighted by Crippen LogP contribution is -2.11. The fourth-order valence-corrected chi connectivity index (χ4v) is 2.72. The van der Waals surface area contributed by atoms with Crippen LogP contribution in [-0.4, -0.2) is 26.1 Å². The average Bonchev–Trinajstić information content (AvgIpc) is 3.00. The molecule has 6 nitrogen and oxygen atoms in total. The molecule has 1 aromatic carbocycles. The van der Waals surface area contributed by atoms with Gasteiger partial charge in [-0.25, -0.2) is 4.98 Å². The number of nitrogens with one attached hydrogen (secondary N) is 2. The summed E-state index contributed by atoms with van der Waals surface area (Å²) in [7, 11) is 0. The Kier molecular flexibility index (Phi) is 4.68. The SMILES string of the molecule is Cc1nc(SCc2ccc(NC(=O)c3cccnc3)cc2)n[nH]1. The smallest absolute Gasteiger partial charge is 0.257 e. The first kappa shape index (κ1) is 15.2. The van der Waals surface area contributed by atoms with Gasteiger partial charge in [-0.1, -0.05) is 23.9 Å². The van der Waals surface area contributed by atoms with Crippen LogP contribution in [0.1, 0.15) is 21.7 Å². The fraction of sp³-hybridized carbons (Fsp3) is 0.125. The number of carbonyl (C=O) groups excluding carboxylic acids is 1. The average molecular weight is 325 g/mol. The molecule has 0 spiro atoms. The summed E-state index contributed by atoms with van der Waals surface area (Å²) in [6.07, 6.45) is 3.18. The zero-order valence-corrected chi connectivity index (χ0v) is 13.3. The van der Waals surface area contributed by atoms with Crippen molar-refractivity contribution >= 4 is 23.4 Å². The zero-order valence-electron chi connectivity index (χ0n) is 12.5. The predicted octanol–water partition coefficient (Wildman–Crippen LogP) is 3.05. The Morgan fingerprint density at radius 2 is 2.09 bits per heavy atom. The zero-order chi connectivity index (χ0) is 16.1. The molecule has 0 aliphatic carbocycles. The van der Waals surface area contributed by atoms with Crippen molar-refractivity contribution in [1.82, 2.24) is 20.2 Å². The number of H-pyrrole nitrogens is 1. The minimum absolute atomic E-state index is 0.170. The van der Waals surface area contributed by atoms with Crippen LogP contribution in [0.15, 0.2) is 53.9 Å². The summed E-state index contributed by atoms with van der Waals surface area (Å²) in [4.78, 5) is 20.2. The van der Waals surface area contributed by atoms with Gasteiger partial charge < -0.3 is 5.32 Å². The molecule has 2 N–H and O–H groups in total. The molecule has 23 heavy (non-hydrogen) atoms. The van der Waals surface area contributed by atoms with Crippen molar-refractivity contribution in [2.45, 2.75) is 17.8 Å². The molecule has 3 rings (SSSR count). The summed E-state index contributed by atoms with van der Waals surface area (Å²) in [6.45, 7) is 1.87. The molecule has 1 amide bonds. The Labute approximate surface area is 137 Å². The van der Waals surface area contributed by atoms with Crippen LogP contribution in [0.4, 0.5) is 5.69 Å². The number of anilines is 1. The van der Waals surface area contributed by atoms with Crippen LogP contribution < -0.4 is 5.32 Å². The Morgan fingerprint density at radius 1 is 1.26 bits per heavy atom. The summed E-state index contributed by atoms with van der Waals surface area (Å²) in [6, 6.07) is 11.2. The fourth-order valence-electron chi connectivity index (χ4n) is 1.92. The molecule has 0 radical (unpaired) electrons. The molecule has 3 aromatic rings. The van der Waals surface area contributed by atoms with Crippen molar-refractivity contribution in [3.63, 3.8) is 0 Å². The number of aryl methyl sites for hydroxylation is 1. The van der Waals surface area contributed by atoms with E-state index in [1.807, 2.05) is 31.2 Å². The van der Waals surface area contributed by atoms with Crippen molar-refractivity contribution in [3.05, 3.63) is 65.7 Å². The Balaban J connectivity index is 1.57. The van der Waals surface area contributed by atoms with E-state index in [0.717, 1.165) is 28.0 Å². The molecule has 0 atom stereocenters. The highest BCUT2D eigenvalue weighted by atomic mass is 32.2. The number of rotatable bonds is 5. The van der Waals surface area contributed by atoms with Gasteiger partial charge in [0.05, 0.1) is 5.56 Å². The second-order valence-electron chi connectivity index (χ2n) is 4.88. The number of aromatic nitrogens is 4. The monoisotopic (exact) mass is 325 g/mol. The van der Waals surface area contributed by atoms with Crippen LogP contribution in [0.3, 0.4) is 0 Å². The molecule has 0 unspecified atom stereocenters. The highest BCUT2D eigenvalue weighted by Gasteiger charge is 2.06. The molecule has 0 aliphatic heterocycles. The van der Waals surface area contributed by atoms with Crippen LogP contribution in [-0.2, 0) is 5.75 Å². The van der Waals surface area contributed by atoms with Crippen molar-refractivity contribution < 1.29 is 4.79 Å². The van der Waals surface area contributed by atoms with Crippen LogP contribution in [0.5, 0.6) is 0 Å². The normalized spacial score (nSPS) is 10.5. The second-order valence-corrected chi connectivity index (χ2v) is 5.83. The number of aromatic amines is 1. The molecule has 7 heteroatoms. The summed E-state index contributed by atoms with van der Waals surface area (Å²) in [5.41, 5.74) is 2.42. The third-order valence-electron chi connectivity index (χ3n) is 3.08. The molecule has 0 fully saturated rings. The minimum Gasteiger partial charge on any atom is -0.322 e. The molecule has 0 aliphatic rings. The maximum absolute atomic E-state index is 12.0. The standard InChI is InChI=1S/C16H15N5OS/c1-11-18-16(21-20-11)23-10-12-4-6-14(7-5-12)19-15(22)13-3-2-8-17-9-13/h2-9H,10H2,1H3,(H,19,22)(H,18,20,21). The van der Waals surface area contributed by atoms with Gasteiger partial charge in [0.2, 0.25) is 5.16 Å². The van der Waals surface area contributed by atoms with E-state index in [1.54, 1.807) is 36.3 Å². The molecule has 0 saturated heterocycles. The van der Waals surface area contributed by atoms with Crippen molar-refractivity contribution in [3.8, 4) is 0 Å². The number of benzene rings is 1. The number of amides is 1. The topological polar surface area (TPSA) is 83.6 Å². The van der Waals surface area contributed by atoms with Crippen LogP contribution in [0.2, 0.25) is 0 Å². The first-order valence-electron chi connectivity index (χ1n) is 7.03. The van der Waals surface area contributed by atoms with Crippen LogP contribution in [0, 0.1) is 6.92 Å². The molecular weight excluding hydrogens is 310 g/mol. The third-order valence-corrected chi connectivity index (χ3v) is 4.00. The van der Waals surface area contributed by atoms with Gasteiger partial charge in [0.1, 0.15) is 5.82 Å². The van der Waals surface area contributed by atoms with Crippen molar-refractivity contribution in [2.24, 2.45) is 0 Å². The van der Waals surface area contributed by atoms with Gasteiger partial charge in [-0.15, -0.1) is 5.10 Å². The Morgan fingerprint density at radius 3 is 2.74 bits per heavy atom. The number of thioether (sulfide) groups is 1. The first-order valence-corrected chi connectivity index (χ1v) is 8.01. The van der Waals surface area contributed by atoms with Gasteiger partial charge in [0, 0.05) is 23.8 Å². The lowest BCUT2D eigenvalue weighted by atomic mass is 10.2. The van der Waals surface area contributed by atoms with Gasteiger partial charge in [-0.2, -0.15) is 0 Å². The number of pyridine rings is 1. The van der Waals surface area contributed by atoms with Crippen molar-refractivity contribution in [2.75, 3.05) is 5.32 Å². The number of hydrogen-bond donors (Lipinski definition) is 2. The summed E-state index contributed by atoms with van der Waals surface area (Å²) in [5, 5.41) is 10.5. The van der Waals surface area contributed by atoms with Gasteiger partial charge in [0.15, 0.2) is 0 Å². The predicted molar refractivity (Wildman–Crippen MR) is 89.3 cm³/mol. The Hall–Kier alpha value is -2.67.